The fourth-order valence-corrected chi connectivity index (χ4v) is 4.36. The van der Waals surface area contributed by atoms with Gasteiger partial charge in [-0.1, -0.05) is 0 Å². The highest BCUT2D eigenvalue weighted by Crippen LogP contribution is 2.37. The summed E-state index contributed by atoms with van der Waals surface area (Å²) in [6.45, 7) is -0.605. The highest BCUT2D eigenvalue weighted by atomic mass is 19.3. The van der Waals surface area contributed by atoms with Crippen molar-refractivity contribution in [2.45, 2.75) is 25.4 Å². The summed E-state index contributed by atoms with van der Waals surface area (Å²) in [5.74, 6) is -5.73. The standard InChI is InChI=1S/C22H20F5N7O2/c1-11(35)33-8-16(22(26,27)9-33)29-21-30-20(36-2)19-17(14(25)7-34(19)31-21)12-5-13(24)18-15(6-12)32(4-3-23)10-28-18/h5-7,10,16H,3-4,8-9H2,1-2H3,(H,29,31)/t16-/m1/s1. The average molecular weight is 509 g/mol. The number of carbonyl (C=O) groups is 1. The number of halogens is 5. The van der Waals surface area contributed by atoms with E-state index in [1.807, 2.05) is 0 Å². The summed E-state index contributed by atoms with van der Waals surface area (Å²) in [7, 11) is 1.25. The summed E-state index contributed by atoms with van der Waals surface area (Å²) in [6, 6.07) is 1.06. The lowest BCUT2D eigenvalue weighted by atomic mass is 10.1. The van der Waals surface area contributed by atoms with E-state index < -0.39 is 42.7 Å². The molecule has 1 fully saturated rings. The number of fused-ring (bicyclic) bond motifs is 2. The number of imidazole rings is 1. The third kappa shape index (κ3) is 3.85. The molecule has 9 nitrogen and oxygen atoms in total. The lowest BCUT2D eigenvalue weighted by Gasteiger charge is -2.19. The van der Waals surface area contributed by atoms with E-state index in [0.717, 1.165) is 21.7 Å². The number of carbonyl (C=O) groups excluding carboxylic acids is 1. The molecule has 190 valence electrons. The Balaban J connectivity index is 1.59. The number of hydrogen-bond donors (Lipinski definition) is 1. The van der Waals surface area contributed by atoms with Crippen LogP contribution in [0.15, 0.2) is 24.7 Å². The number of nitrogens with zero attached hydrogens (tertiary/aromatic N) is 6. The van der Waals surface area contributed by atoms with Gasteiger partial charge in [-0.15, -0.1) is 5.10 Å². The third-order valence-electron chi connectivity index (χ3n) is 6.10. The Bertz CT molecular complexity index is 1480. The zero-order valence-electron chi connectivity index (χ0n) is 19.1. The Labute approximate surface area is 200 Å². The lowest BCUT2D eigenvalue weighted by Crippen LogP contribution is -2.38. The van der Waals surface area contributed by atoms with Crippen molar-refractivity contribution in [2.75, 3.05) is 32.2 Å². The summed E-state index contributed by atoms with van der Waals surface area (Å²) in [6.07, 6.45) is 2.27. The topological polar surface area (TPSA) is 89.6 Å². The molecular weight excluding hydrogens is 489 g/mol. The fourth-order valence-electron chi connectivity index (χ4n) is 4.36. The Morgan fingerprint density at radius 2 is 2.06 bits per heavy atom. The largest absolute Gasteiger partial charge is 0.479 e. The van der Waals surface area contributed by atoms with E-state index in [4.69, 9.17) is 4.74 Å². The SMILES string of the molecule is COc1nc(N[C@@H]2CN(C(C)=O)CC2(F)F)nn2cc(F)c(-c3cc(F)c4ncn(CCF)c4c3)c12. The second-order valence-electron chi connectivity index (χ2n) is 8.40. The van der Waals surface area contributed by atoms with E-state index in [2.05, 4.69) is 20.4 Å². The molecular formula is C22H20F5N7O2. The van der Waals surface area contributed by atoms with Crippen LogP contribution in [0.2, 0.25) is 0 Å². The molecule has 1 aliphatic heterocycles. The number of ether oxygens (including phenoxy) is 1. The highest BCUT2D eigenvalue weighted by molar-refractivity contribution is 5.90. The number of benzene rings is 1. The van der Waals surface area contributed by atoms with Crippen molar-refractivity contribution in [3.05, 3.63) is 36.3 Å². The van der Waals surface area contributed by atoms with Crippen LogP contribution in [0.5, 0.6) is 5.88 Å². The summed E-state index contributed by atoms with van der Waals surface area (Å²) < 4.78 is 79.5. The molecule has 4 heterocycles. The Morgan fingerprint density at radius 3 is 2.72 bits per heavy atom. The number of anilines is 1. The van der Waals surface area contributed by atoms with Gasteiger partial charge >= 0.3 is 0 Å². The molecule has 0 spiro atoms. The van der Waals surface area contributed by atoms with Crippen LogP contribution in [-0.4, -0.2) is 73.8 Å². The van der Waals surface area contributed by atoms with Crippen molar-refractivity contribution >= 4 is 28.4 Å². The molecule has 1 atom stereocenters. The van der Waals surface area contributed by atoms with Crippen LogP contribution in [-0.2, 0) is 11.3 Å². The van der Waals surface area contributed by atoms with E-state index in [0.29, 0.717) is 0 Å². The summed E-state index contributed by atoms with van der Waals surface area (Å²) >= 11 is 0. The van der Waals surface area contributed by atoms with Gasteiger partial charge in [-0.3, -0.25) is 4.79 Å². The van der Waals surface area contributed by atoms with Gasteiger partial charge in [-0.2, -0.15) is 4.98 Å². The normalized spacial score (nSPS) is 17.3. The number of nitrogens with one attached hydrogen (secondary N) is 1. The first-order valence-corrected chi connectivity index (χ1v) is 10.9. The van der Waals surface area contributed by atoms with Crippen molar-refractivity contribution in [1.29, 1.82) is 0 Å². The predicted molar refractivity (Wildman–Crippen MR) is 119 cm³/mol. The second kappa shape index (κ2) is 8.60. The van der Waals surface area contributed by atoms with Crippen molar-refractivity contribution < 1.29 is 31.5 Å². The summed E-state index contributed by atoms with van der Waals surface area (Å²) in [5, 5.41) is 6.59. The van der Waals surface area contributed by atoms with Gasteiger partial charge in [-0.25, -0.2) is 31.5 Å². The maximum atomic E-state index is 15.2. The van der Waals surface area contributed by atoms with E-state index in [-0.39, 0.29) is 52.6 Å². The average Bonchev–Trinajstić information content (AvgIpc) is 3.46. The first-order chi connectivity index (χ1) is 17.1. The number of hydrogen-bond acceptors (Lipinski definition) is 6. The van der Waals surface area contributed by atoms with Crippen LogP contribution in [0, 0.1) is 11.6 Å². The molecule has 1 saturated heterocycles. The minimum atomic E-state index is -3.25. The van der Waals surface area contributed by atoms with Gasteiger partial charge in [0.2, 0.25) is 17.7 Å². The molecule has 0 unspecified atom stereocenters. The van der Waals surface area contributed by atoms with Gasteiger partial charge in [0, 0.05) is 13.5 Å². The van der Waals surface area contributed by atoms with E-state index in [1.54, 1.807) is 0 Å². The van der Waals surface area contributed by atoms with Gasteiger partial charge < -0.3 is 19.5 Å². The zero-order valence-corrected chi connectivity index (χ0v) is 19.1. The number of methoxy groups -OCH3 is 1. The fraction of sp³-hybridized carbons (Fsp3) is 0.364. The lowest BCUT2D eigenvalue weighted by molar-refractivity contribution is -0.129. The molecule has 14 heteroatoms. The molecule has 0 radical (unpaired) electrons. The van der Waals surface area contributed by atoms with Crippen molar-refractivity contribution in [1.82, 2.24) is 29.0 Å². The minimum Gasteiger partial charge on any atom is -0.479 e. The monoisotopic (exact) mass is 509 g/mol. The molecule has 4 aromatic rings. The molecule has 3 aromatic heterocycles. The van der Waals surface area contributed by atoms with Crippen LogP contribution in [0.1, 0.15) is 6.92 Å². The molecule has 1 aliphatic rings. The molecule has 1 N–H and O–H groups in total. The minimum absolute atomic E-state index is 0.00270. The van der Waals surface area contributed by atoms with Gasteiger partial charge in [-0.05, 0) is 17.7 Å². The van der Waals surface area contributed by atoms with E-state index >= 15 is 4.39 Å². The maximum absolute atomic E-state index is 15.2. The van der Waals surface area contributed by atoms with Crippen molar-refractivity contribution in [3.63, 3.8) is 0 Å². The number of likely N-dealkylation sites (tertiary alicyclic amines) is 1. The number of aryl methyl sites for hydroxylation is 1. The van der Waals surface area contributed by atoms with Crippen LogP contribution >= 0.6 is 0 Å². The van der Waals surface area contributed by atoms with E-state index in [9.17, 15) is 22.4 Å². The van der Waals surface area contributed by atoms with Gasteiger partial charge in [0.25, 0.3) is 5.92 Å². The first kappa shape index (κ1) is 23.8. The smallest absolute Gasteiger partial charge is 0.286 e. The van der Waals surface area contributed by atoms with Crippen LogP contribution in [0.25, 0.3) is 27.7 Å². The van der Waals surface area contributed by atoms with Crippen LogP contribution < -0.4 is 10.1 Å². The van der Waals surface area contributed by atoms with Gasteiger partial charge in [0.05, 0.1) is 43.8 Å². The quantitative estimate of drug-likeness (QED) is 0.402. The molecule has 0 saturated carbocycles. The number of rotatable bonds is 6. The van der Waals surface area contributed by atoms with Crippen molar-refractivity contribution in [3.8, 4) is 17.0 Å². The maximum Gasteiger partial charge on any atom is 0.286 e. The molecule has 0 aliphatic carbocycles. The molecule has 36 heavy (non-hydrogen) atoms. The van der Waals surface area contributed by atoms with Crippen molar-refractivity contribution in [2.24, 2.45) is 0 Å². The van der Waals surface area contributed by atoms with Crippen LogP contribution in [0.3, 0.4) is 0 Å². The molecule has 1 amide bonds. The Kier molecular flexibility index (Phi) is 5.68. The third-order valence-corrected chi connectivity index (χ3v) is 6.10. The Hall–Kier alpha value is -3.97. The number of amides is 1. The highest BCUT2D eigenvalue weighted by Gasteiger charge is 2.49. The van der Waals surface area contributed by atoms with Crippen LogP contribution in [0.4, 0.5) is 27.9 Å². The number of alkyl halides is 3. The molecule has 5 rings (SSSR count). The van der Waals surface area contributed by atoms with Gasteiger partial charge in [0.1, 0.15) is 23.7 Å². The molecule has 1 aromatic carbocycles. The Morgan fingerprint density at radius 1 is 1.28 bits per heavy atom. The zero-order chi connectivity index (χ0) is 25.8. The summed E-state index contributed by atoms with van der Waals surface area (Å²) in [5.41, 5.74) is 0.296. The predicted octanol–water partition coefficient (Wildman–Crippen LogP) is 3.28. The molecule has 0 bridgehead atoms. The van der Waals surface area contributed by atoms with E-state index in [1.165, 1.54) is 31.0 Å². The van der Waals surface area contributed by atoms with Gasteiger partial charge in [0.15, 0.2) is 11.6 Å². The number of aromatic nitrogens is 5. The summed E-state index contributed by atoms with van der Waals surface area (Å²) in [4.78, 5) is 20.6. The first-order valence-electron chi connectivity index (χ1n) is 10.9. The second-order valence-corrected chi connectivity index (χ2v) is 8.40.